The maximum Gasteiger partial charge on any atom is 0.321 e. The van der Waals surface area contributed by atoms with E-state index in [-0.39, 0.29) is 4.75 Å². The molecule has 3 nitrogen and oxygen atoms in total. The Kier molecular flexibility index (Phi) is 5.12. The second-order valence-corrected chi connectivity index (χ2v) is 6.91. The number of carbonyl (C=O) groups is 1. The Labute approximate surface area is 102 Å². The predicted octanol–water partition coefficient (Wildman–Crippen LogP) is 2.49. The molecular formula is C12H23NO2S. The Morgan fingerprint density at radius 2 is 2.00 bits per heavy atom. The van der Waals surface area contributed by atoms with E-state index in [0.717, 1.165) is 11.7 Å². The number of thioether (sulfide) groups is 1. The Morgan fingerprint density at radius 1 is 1.44 bits per heavy atom. The number of carboxylic acid groups (broad SMARTS) is 1. The van der Waals surface area contributed by atoms with Crippen LogP contribution in [-0.4, -0.2) is 27.6 Å². The lowest BCUT2D eigenvalue weighted by molar-refractivity contribution is -0.139. The molecule has 1 fully saturated rings. The summed E-state index contributed by atoms with van der Waals surface area (Å²) in [5.41, 5.74) is 5.69. The lowest BCUT2D eigenvalue weighted by Crippen LogP contribution is -2.47. The number of rotatable bonds is 5. The summed E-state index contributed by atoms with van der Waals surface area (Å²) in [5, 5.41) is 8.92. The Balaban J connectivity index is 2.37. The molecule has 0 radical (unpaired) electrons. The van der Waals surface area contributed by atoms with Gasteiger partial charge in [0, 0.05) is 4.75 Å². The second kappa shape index (κ2) is 5.92. The monoisotopic (exact) mass is 245 g/mol. The fourth-order valence-electron chi connectivity index (χ4n) is 2.07. The molecule has 1 saturated carbocycles. The Hall–Kier alpha value is -0.220. The van der Waals surface area contributed by atoms with Gasteiger partial charge in [-0.15, -0.1) is 0 Å². The van der Waals surface area contributed by atoms with Crippen LogP contribution in [0.1, 0.15) is 46.0 Å². The standard InChI is InChI=1S/C12H23NO2S/c1-12(2,10(13)11(14)15)16-8-9-6-4-3-5-7-9/h9-10H,3-8,13H2,1-2H3,(H,14,15)/t10-/m1/s1. The lowest BCUT2D eigenvalue weighted by Gasteiger charge is -2.31. The fourth-order valence-corrected chi connectivity index (χ4v) is 3.35. The van der Waals surface area contributed by atoms with Crippen molar-refractivity contribution in [2.24, 2.45) is 11.7 Å². The van der Waals surface area contributed by atoms with Gasteiger partial charge in [0.25, 0.3) is 0 Å². The first-order chi connectivity index (χ1) is 7.43. The van der Waals surface area contributed by atoms with Gasteiger partial charge in [0.05, 0.1) is 0 Å². The van der Waals surface area contributed by atoms with Crippen LogP contribution >= 0.6 is 11.8 Å². The van der Waals surface area contributed by atoms with E-state index in [1.807, 2.05) is 13.8 Å². The zero-order valence-electron chi connectivity index (χ0n) is 10.2. The fraction of sp³-hybridized carbons (Fsp3) is 0.917. The van der Waals surface area contributed by atoms with Crippen molar-refractivity contribution < 1.29 is 9.90 Å². The van der Waals surface area contributed by atoms with Crippen LogP contribution in [0.2, 0.25) is 0 Å². The Morgan fingerprint density at radius 3 is 2.50 bits per heavy atom. The largest absolute Gasteiger partial charge is 0.480 e. The van der Waals surface area contributed by atoms with Crippen molar-refractivity contribution in [3.63, 3.8) is 0 Å². The highest BCUT2D eigenvalue weighted by atomic mass is 32.2. The van der Waals surface area contributed by atoms with Crippen LogP contribution in [0.15, 0.2) is 0 Å². The van der Waals surface area contributed by atoms with E-state index in [9.17, 15) is 4.79 Å². The highest BCUT2D eigenvalue weighted by Crippen LogP contribution is 2.33. The SMILES string of the molecule is CC(C)(SCC1CCCCC1)[C@H](N)C(=O)O. The number of nitrogens with two attached hydrogens (primary N) is 1. The van der Waals surface area contributed by atoms with E-state index in [1.54, 1.807) is 11.8 Å². The quantitative estimate of drug-likeness (QED) is 0.781. The van der Waals surface area contributed by atoms with Gasteiger partial charge in [0.2, 0.25) is 0 Å². The first-order valence-electron chi connectivity index (χ1n) is 6.06. The second-order valence-electron chi connectivity index (χ2n) is 5.23. The van der Waals surface area contributed by atoms with Gasteiger partial charge in [-0.3, -0.25) is 4.79 Å². The molecule has 0 spiro atoms. The minimum absolute atomic E-state index is 0.372. The van der Waals surface area contributed by atoms with Crippen LogP contribution in [0.5, 0.6) is 0 Å². The summed E-state index contributed by atoms with van der Waals surface area (Å²) in [6, 6.07) is -0.777. The molecule has 1 rings (SSSR count). The van der Waals surface area contributed by atoms with Crippen LogP contribution in [0.4, 0.5) is 0 Å². The molecule has 1 atom stereocenters. The molecule has 1 aliphatic carbocycles. The maximum atomic E-state index is 10.9. The molecule has 0 amide bonds. The number of carboxylic acids is 1. The summed E-state index contributed by atoms with van der Waals surface area (Å²) in [6.07, 6.45) is 6.61. The summed E-state index contributed by atoms with van der Waals surface area (Å²) in [5.74, 6) is 0.911. The molecular weight excluding hydrogens is 222 g/mol. The van der Waals surface area contributed by atoms with Crippen molar-refractivity contribution in [1.29, 1.82) is 0 Å². The third kappa shape index (κ3) is 3.98. The molecule has 4 heteroatoms. The third-order valence-electron chi connectivity index (χ3n) is 3.43. The highest BCUT2D eigenvalue weighted by Gasteiger charge is 2.33. The molecule has 0 aliphatic heterocycles. The number of aliphatic carboxylic acids is 1. The lowest BCUT2D eigenvalue weighted by atomic mass is 9.91. The first kappa shape index (κ1) is 13.8. The minimum Gasteiger partial charge on any atom is -0.480 e. The van der Waals surface area contributed by atoms with E-state index >= 15 is 0 Å². The van der Waals surface area contributed by atoms with Gasteiger partial charge in [-0.25, -0.2) is 0 Å². The molecule has 0 aromatic carbocycles. The average Bonchev–Trinajstić information content (AvgIpc) is 2.27. The molecule has 0 bridgehead atoms. The van der Waals surface area contributed by atoms with Crippen LogP contribution in [0, 0.1) is 5.92 Å². The van der Waals surface area contributed by atoms with Gasteiger partial charge in [-0.05, 0) is 38.4 Å². The number of hydrogen-bond acceptors (Lipinski definition) is 3. The molecule has 0 aromatic heterocycles. The van der Waals surface area contributed by atoms with Crippen LogP contribution < -0.4 is 5.73 Å². The van der Waals surface area contributed by atoms with Crippen LogP contribution in [0.3, 0.4) is 0 Å². The summed E-state index contributed by atoms with van der Waals surface area (Å²) in [6.45, 7) is 3.86. The van der Waals surface area contributed by atoms with Gasteiger partial charge in [0.1, 0.15) is 6.04 Å². The van der Waals surface area contributed by atoms with Gasteiger partial charge in [-0.2, -0.15) is 11.8 Å². The van der Waals surface area contributed by atoms with E-state index in [0.29, 0.717) is 0 Å². The van der Waals surface area contributed by atoms with Gasteiger partial charge < -0.3 is 10.8 Å². The van der Waals surface area contributed by atoms with Gasteiger partial charge in [-0.1, -0.05) is 19.3 Å². The van der Waals surface area contributed by atoms with Gasteiger partial charge in [0.15, 0.2) is 0 Å². The van der Waals surface area contributed by atoms with Crippen LogP contribution in [0.25, 0.3) is 0 Å². The molecule has 16 heavy (non-hydrogen) atoms. The van der Waals surface area contributed by atoms with E-state index < -0.39 is 12.0 Å². The normalized spacial score (nSPS) is 20.7. The summed E-state index contributed by atoms with van der Waals surface area (Å²) < 4.78 is -0.372. The summed E-state index contributed by atoms with van der Waals surface area (Å²) in [4.78, 5) is 10.9. The summed E-state index contributed by atoms with van der Waals surface area (Å²) >= 11 is 1.72. The Bertz CT molecular complexity index is 237. The zero-order valence-corrected chi connectivity index (χ0v) is 11.1. The smallest absolute Gasteiger partial charge is 0.321 e. The van der Waals surface area contributed by atoms with E-state index in [1.165, 1.54) is 32.1 Å². The molecule has 1 aliphatic rings. The van der Waals surface area contributed by atoms with Crippen LogP contribution in [-0.2, 0) is 4.79 Å². The zero-order chi connectivity index (χ0) is 12.2. The molecule has 0 heterocycles. The first-order valence-corrected chi connectivity index (χ1v) is 7.04. The average molecular weight is 245 g/mol. The van der Waals surface area contributed by atoms with Crippen molar-refractivity contribution in [3.05, 3.63) is 0 Å². The van der Waals surface area contributed by atoms with E-state index in [4.69, 9.17) is 10.8 Å². The minimum atomic E-state index is -0.902. The van der Waals surface area contributed by atoms with Crippen molar-refractivity contribution in [2.75, 3.05) is 5.75 Å². The third-order valence-corrected chi connectivity index (χ3v) is 5.07. The van der Waals surface area contributed by atoms with Gasteiger partial charge >= 0.3 is 5.97 Å². The maximum absolute atomic E-state index is 10.9. The van der Waals surface area contributed by atoms with Crippen molar-refractivity contribution in [1.82, 2.24) is 0 Å². The molecule has 94 valence electrons. The topological polar surface area (TPSA) is 63.3 Å². The molecule has 0 aromatic rings. The van der Waals surface area contributed by atoms with Crippen molar-refractivity contribution in [3.8, 4) is 0 Å². The summed E-state index contributed by atoms with van der Waals surface area (Å²) in [7, 11) is 0. The molecule has 0 saturated heterocycles. The van der Waals surface area contributed by atoms with Crippen molar-refractivity contribution >= 4 is 17.7 Å². The molecule has 3 N–H and O–H groups in total. The predicted molar refractivity (Wildman–Crippen MR) is 68.7 cm³/mol. The highest BCUT2D eigenvalue weighted by molar-refractivity contribution is 8.00. The van der Waals surface area contributed by atoms with E-state index in [2.05, 4.69) is 0 Å². The molecule has 0 unspecified atom stereocenters. The number of hydrogen-bond donors (Lipinski definition) is 2. The van der Waals surface area contributed by atoms with Crippen molar-refractivity contribution in [2.45, 2.75) is 56.7 Å².